The molecule has 1 rings (SSSR count). The molecule has 0 aliphatic heterocycles. The van der Waals surface area contributed by atoms with Crippen molar-refractivity contribution >= 4 is 21.6 Å². The van der Waals surface area contributed by atoms with Crippen LogP contribution in [0.15, 0.2) is 28.7 Å². The lowest BCUT2D eigenvalue weighted by Gasteiger charge is -2.34. The van der Waals surface area contributed by atoms with Crippen molar-refractivity contribution in [1.82, 2.24) is 0 Å². The Morgan fingerprint density at radius 3 is 2.60 bits per heavy atom. The van der Waals surface area contributed by atoms with Crippen molar-refractivity contribution in [2.75, 3.05) is 11.9 Å². The highest BCUT2D eigenvalue weighted by Gasteiger charge is 2.26. The minimum absolute atomic E-state index is 0.122. The van der Waals surface area contributed by atoms with Crippen LogP contribution in [-0.2, 0) is 0 Å². The number of aliphatic hydroxyl groups is 1. The van der Waals surface area contributed by atoms with Crippen molar-refractivity contribution < 1.29 is 5.11 Å². The summed E-state index contributed by atoms with van der Waals surface area (Å²) in [6.45, 7) is 6.35. The summed E-state index contributed by atoms with van der Waals surface area (Å²) in [5.41, 5.74) is 0.746. The van der Waals surface area contributed by atoms with Gasteiger partial charge in [0.25, 0.3) is 0 Å². The molecule has 1 aromatic rings. The third-order valence-electron chi connectivity index (χ3n) is 2.86. The Kier molecular flexibility index (Phi) is 4.17. The fourth-order valence-corrected chi connectivity index (χ4v) is 1.66. The number of rotatable bonds is 4. The molecule has 84 valence electrons. The van der Waals surface area contributed by atoms with E-state index in [4.69, 9.17) is 0 Å². The summed E-state index contributed by atoms with van der Waals surface area (Å²) < 4.78 is 1.04. The first-order valence-corrected chi connectivity index (χ1v) is 5.92. The van der Waals surface area contributed by atoms with Gasteiger partial charge in [-0.3, -0.25) is 0 Å². The predicted molar refractivity (Wildman–Crippen MR) is 68.1 cm³/mol. The highest BCUT2D eigenvalue weighted by atomic mass is 79.9. The van der Waals surface area contributed by atoms with Gasteiger partial charge in [0.1, 0.15) is 0 Å². The maximum absolute atomic E-state index is 9.41. The SMILES string of the molecule is CC(C)C(C)(CO)Nc1cccc(Br)c1. The molecule has 1 aromatic carbocycles. The quantitative estimate of drug-likeness (QED) is 0.881. The van der Waals surface area contributed by atoms with Crippen LogP contribution in [0.3, 0.4) is 0 Å². The number of halogens is 1. The van der Waals surface area contributed by atoms with Crippen LogP contribution in [0.25, 0.3) is 0 Å². The summed E-state index contributed by atoms with van der Waals surface area (Å²) in [6, 6.07) is 7.97. The van der Waals surface area contributed by atoms with Crippen LogP contribution in [0.5, 0.6) is 0 Å². The standard InChI is InChI=1S/C12H18BrNO/c1-9(2)12(3,8-15)14-11-6-4-5-10(13)7-11/h4-7,9,14-15H,8H2,1-3H3. The van der Waals surface area contributed by atoms with Crippen LogP contribution >= 0.6 is 15.9 Å². The molecule has 0 spiro atoms. The molecule has 2 nitrogen and oxygen atoms in total. The van der Waals surface area contributed by atoms with Gasteiger partial charge in [-0.2, -0.15) is 0 Å². The molecule has 0 fully saturated rings. The van der Waals surface area contributed by atoms with Gasteiger partial charge in [0.15, 0.2) is 0 Å². The van der Waals surface area contributed by atoms with Gasteiger partial charge in [-0.25, -0.2) is 0 Å². The molecule has 0 saturated heterocycles. The third-order valence-corrected chi connectivity index (χ3v) is 3.35. The van der Waals surface area contributed by atoms with E-state index in [2.05, 4.69) is 35.1 Å². The Morgan fingerprint density at radius 1 is 1.47 bits per heavy atom. The van der Waals surface area contributed by atoms with Gasteiger partial charge >= 0.3 is 0 Å². The maximum Gasteiger partial charge on any atom is 0.0661 e. The molecule has 0 bridgehead atoms. The van der Waals surface area contributed by atoms with Gasteiger partial charge in [-0.1, -0.05) is 35.8 Å². The topological polar surface area (TPSA) is 32.3 Å². The smallest absolute Gasteiger partial charge is 0.0661 e. The molecule has 0 aromatic heterocycles. The minimum atomic E-state index is -0.277. The van der Waals surface area contributed by atoms with Gasteiger partial charge in [0.05, 0.1) is 12.1 Å². The number of anilines is 1. The number of hydrogen-bond acceptors (Lipinski definition) is 2. The molecule has 3 heteroatoms. The second kappa shape index (κ2) is 4.99. The molecule has 1 unspecified atom stereocenters. The van der Waals surface area contributed by atoms with Gasteiger partial charge in [0, 0.05) is 10.2 Å². The molecular formula is C12H18BrNO. The van der Waals surface area contributed by atoms with E-state index in [0.29, 0.717) is 5.92 Å². The molecule has 2 N–H and O–H groups in total. The zero-order valence-corrected chi connectivity index (χ0v) is 11.0. The van der Waals surface area contributed by atoms with E-state index in [1.165, 1.54) is 0 Å². The van der Waals surface area contributed by atoms with Crippen LogP contribution in [0.2, 0.25) is 0 Å². The molecule has 0 saturated carbocycles. The summed E-state index contributed by atoms with van der Waals surface area (Å²) in [6.07, 6.45) is 0. The number of nitrogens with one attached hydrogen (secondary N) is 1. The zero-order chi connectivity index (χ0) is 11.5. The second-order valence-corrected chi connectivity index (χ2v) is 5.28. The molecule has 1 atom stereocenters. The van der Waals surface area contributed by atoms with Crippen molar-refractivity contribution in [1.29, 1.82) is 0 Å². The van der Waals surface area contributed by atoms with E-state index in [9.17, 15) is 5.11 Å². The number of aliphatic hydroxyl groups excluding tert-OH is 1. The van der Waals surface area contributed by atoms with E-state index in [0.717, 1.165) is 10.2 Å². The summed E-state index contributed by atoms with van der Waals surface area (Å²) in [4.78, 5) is 0. The van der Waals surface area contributed by atoms with E-state index in [1.54, 1.807) is 0 Å². The first-order chi connectivity index (χ1) is 6.98. The highest BCUT2D eigenvalue weighted by Crippen LogP contribution is 2.24. The minimum Gasteiger partial charge on any atom is -0.394 e. The maximum atomic E-state index is 9.41. The van der Waals surface area contributed by atoms with Crippen LogP contribution in [0.4, 0.5) is 5.69 Å². The Labute approximate surface area is 99.8 Å². The predicted octanol–water partition coefficient (Wildman–Crippen LogP) is 3.27. The number of benzene rings is 1. The van der Waals surface area contributed by atoms with Gasteiger partial charge < -0.3 is 10.4 Å². The van der Waals surface area contributed by atoms with Crippen LogP contribution in [-0.4, -0.2) is 17.3 Å². The van der Waals surface area contributed by atoms with E-state index in [-0.39, 0.29) is 12.1 Å². The zero-order valence-electron chi connectivity index (χ0n) is 9.42. The van der Waals surface area contributed by atoms with Crippen molar-refractivity contribution in [3.63, 3.8) is 0 Å². The van der Waals surface area contributed by atoms with Crippen molar-refractivity contribution in [2.24, 2.45) is 5.92 Å². The Bertz CT molecular complexity index is 327. The Hall–Kier alpha value is -0.540. The summed E-state index contributed by atoms with van der Waals surface area (Å²) in [5.74, 6) is 0.362. The van der Waals surface area contributed by atoms with E-state index >= 15 is 0 Å². The van der Waals surface area contributed by atoms with E-state index < -0.39 is 0 Å². The lowest BCUT2D eigenvalue weighted by molar-refractivity contribution is 0.186. The molecule has 0 aliphatic carbocycles. The average molecular weight is 272 g/mol. The van der Waals surface area contributed by atoms with Gasteiger partial charge in [-0.05, 0) is 31.0 Å². The van der Waals surface area contributed by atoms with Crippen LogP contribution in [0.1, 0.15) is 20.8 Å². The first kappa shape index (κ1) is 12.5. The van der Waals surface area contributed by atoms with Crippen molar-refractivity contribution in [2.45, 2.75) is 26.3 Å². The largest absolute Gasteiger partial charge is 0.394 e. The Balaban J connectivity index is 2.84. The van der Waals surface area contributed by atoms with E-state index in [1.807, 2.05) is 31.2 Å². The summed E-state index contributed by atoms with van der Waals surface area (Å²) in [5, 5.41) is 12.8. The summed E-state index contributed by atoms with van der Waals surface area (Å²) >= 11 is 3.43. The summed E-state index contributed by atoms with van der Waals surface area (Å²) in [7, 11) is 0. The molecule has 0 radical (unpaired) electrons. The fraction of sp³-hybridized carbons (Fsp3) is 0.500. The fourth-order valence-electron chi connectivity index (χ4n) is 1.26. The monoisotopic (exact) mass is 271 g/mol. The van der Waals surface area contributed by atoms with Gasteiger partial charge in [-0.15, -0.1) is 0 Å². The van der Waals surface area contributed by atoms with Crippen molar-refractivity contribution in [3.05, 3.63) is 28.7 Å². The lowest BCUT2D eigenvalue weighted by atomic mass is 9.89. The molecular weight excluding hydrogens is 254 g/mol. The number of hydrogen-bond donors (Lipinski definition) is 2. The average Bonchev–Trinajstić information content (AvgIpc) is 2.17. The third kappa shape index (κ3) is 3.21. The molecule has 15 heavy (non-hydrogen) atoms. The van der Waals surface area contributed by atoms with Crippen molar-refractivity contribution in [3.8, 4) is 0 Å². The Morgan fingerprint density at radius 2 is 2.13 bits per heavy atom. The lowest BCUT2D eigenvalue weighted by Crippen LogP contribution is -2.43. The normalized spacial score (nSPS) is 15.1. The first-order valence-electron chi connectivity index (χ1n) is 5.12. The highest BCUT2D eigenvalue weighted by molar-refractivity contribution is 9.10. The second-order valence-electron chi connectivity index (χ2n) is 4.37. The molecule has 0 heterocycles. The van der Waals surface area contributed by atoms with Crippen LogP contribution < -0.4 is 5.32 Å². The van der Waals surface area contributed by atoms with Crippen LogP contribution in [0, 0.1) is 5.92 Å². The molecule has 0 amide bonds. The molecule has 0 aliphatic rings. The van der Waals surface area contributed by atoms with Gasteiger partial charge in [0.2, 0.25) is 0 Å².